The average molecular weight is 295 g/mol. The number of alkyl halides is 3. The lowest BCUT2D eigenvalue weighted by molar-refractivity contribution is -0.137. The maximum atomic E-state index is 12.4. The number of hydrogen-bond acceptors (Lipinski definition) is 4. The lowest BCUT2D eigenvalue weighted by atomic mass is 9.78. The van der Waals surface area contributed by atoms with E-state index in [9.17, 15) is 18.3 Å². The molecule has 19 heavy (non-hydrogen) atoms. The van der Waals surface area contributed by atoms with Crippen molar-refractivity contribution in [2.45, 2.75) is 44.6 Å². The Bertz CT molecular complexity index is 415. The van der Waals surface area contributed by atoms with Crippen LogP contribution < -0.4 is 0 Å². The molecule has 1 atom stereocenters. The van der Waals surface area contributed by atoms with E-state index in [1.165, 1.54) is 0 Å². The van der Waals surface area contributed by atoms with Crippen molar-refractivity contribution in [1.29, 1.82) is 0 Å². The van der Waals surface area contributed by atoms with Gasteiger partial charge in [-0.3, -0.25) is 0 Å². The van der Waals surface area contributed by atoms with Gasteiger partial charge in [0.25, 0.3) is 0 Å². The largest absolute Gasteiger partial charge is 0.443 e. The van der Waals surface area contributed by atoms with Crippen LogP contribution in [-0.2, 0) is 10.9 Å². The molecule has 1 aromatic heterocycles. The first-order valence-corrected chi connectivity index (χ1v) is 7.04. The molecule has 108 valence electrons. The molecule has 0 aliphatic heterocycles. The van der Waals surface area contributed by atoms with E-state index in [1.807, 2.05) is 6.92 Å². The van der Waals surface area contributed by atoms with Crippen LogP contribution in [0.25, 0.3) is 0 Å². The third kappa shape index (κ3) is 3.67. The van der Waals surface area contributed by atoms with Gasteiger partial charge < -0.3 is 9.84 Å². The molecule has 1 aromatic rings. The van der Waals surface area contributed by atoms with Gasteiger partial charge in [0.1, 0.15) is 0 Å². The summed E-state index contributed by atoms with van der Waals surface area (Å²) >= 11 is 0.518. The van der Waals surface area contributed by atoms with Crippen LogP contribution in [0.15, 0.2) is 6.20 Å². The minimum atomic E-state index is -4.43. The number of hydrogen-bond donors (Lipinski definition) is 1. The second kappa shape index (κ2) is 5.76. The van der Waals surface area contributed by atoms with Crippen LogP contribution in [0.2, 0.25) is 0 Å². The molecule has 0 radical (unpaired) electrons. The maximum Gasteiger partial charge on any atom is 0.443 e. The SMILES string of the molecule is CCOC1CC(CC(O)c2cnc(C(F)(F)F)s2)C1. The molecule has 1 aliphatic carbocycles. The first-order valence-electron chi connectivity index (χ1n) is 6.22. The minimum absolute atomic E-state index is 0.245. The van der Waals surface area contributed by atoms with Crippen molar-refractivity contribution in [3.63, 3.8) is 0 Å². The molecular weight excluding hydrogens is 279 g/mol. The molecular formula is C12H16F3NO2S. The summed E-state index contributed by atoms with van der Waals surface area (Å²) in [5.74, 6) is 0.322. The van der Waals surface area contributed by atoms with Crippen LogP contribution in [0.4, 0.5) is 13.2 Å². The molecule has 2 rings (SSSR count). The van der Waals surface area contributed by atoms with E-state index >= 15 is 0 Å². The molecule has 0 amide bonds. The van der Waals surface area contributed by atoms with Crippen LogP contribution in [0, 0.1) is 5.92 Å². The summed E-state index contributed by atoms with van der Waals surface area (Å²) < 4.78 is 42.6. The third-order valence-corrected chi connectivity index (χ3v) is 4.39. The molecule has 1 aliphatic rings. The molecule has 1 fully saturated rings. The zero-order valence-electron chi connectivity index (χ0n) is 10.5. The van der Waals surface area contributed by atoms with Crippen LogP contribution in [0.3, 0.4) is 0 Å². The Morgan fingerprint density at radius 3 is 2.74 bits per heavy atom. The smallest absolute Gasteiger partial charge is 0.388 e. The predicted octanol–water partition coefficient (Wildman–Crippen LogP) is 3.40. The van der Waals surface area contributed by atoms with E-state index in [2.05, 4.69) is 4.98 Å². The summed E-state index contributed by atoms with van der Waals surface area (Å²) in [6.45, 7) is 2.60. The standard InChI is InChI=1S/C12H16F3NO2S/c1-2-18-8-3-7(4-8)5-9(17)10-6-16-11(19-10)12(13,14)15/h6-9,17H,2-5H2,1H3. The quantitative estimate of drug-likeness (QED) is 0.905. The van der Waals surface area contributed by atoms with Crippen molar-refractivity contribution in [3.8, 4) is 0 Å². The molecule has 7 heteroatoms. The molecule has 1 saturated carbocycles. The van der Waals surface area contributed by atoms with Crippen molar-refractivity contribution in [2.75, 3.05) is 6.61 Å². The van der Waals surface area contributed by atoms with Crippen LogP contribution in [0.1, 0.15) is 42.2 Å². The number of aromatic nitrogens is 1. The molecule has 1 N–H and O–H groups in total. The second-order valence-corrected chi connectivity index (χ2v) is 5.79. The topological polar surface area (TPSA) is 42.4 Å². The van der Waals surface area contributed by atoms with Crippen molar-refractivity contribution in [1.82, 2.24) is 4.98 Å². The fourth-order valence-electron chi connectivity index (χ4n) is 2.24. The highest BCUT2D eigenvalue weighted by Crippen LogP contribution is 2.40. The van der Waals surface area contributed by atoms with Crippen LogP contribution in [-0.4, -0.2) is 22.8 Å². The Morgan fingerprint density at radius 1 is 1.53 bits per heavy atom. The van der Waals surface area contributed by atoms with E-state index in [0.29, 0.717) is 30.3 Å². The highest BCUT2D eigenvalue weighted by Gasteiger charge is 2.36. The number of thiazole rings is 1. The third-order valence-electron chi connectivity index (χ3n) is 3.25. The predicted molar refractivity (Wildman–Crippen MR) is 64.8 cm³/mol. The summed E-state index contributed by atoms with van der Waals surface area (Å²) in [6.07, 6.45) is -1.71. The lowest BCUT2D eigenvalue weighted by Gasteiger charge is -2.35. The number of aliphatic hydroxyl groups is 1. The summed E-state index contributed by atoms with van der Waals surface area (Å²) in [6, 6.07) is 0. The Morgan fingerprint density at radius 2 is 2.21 bits per heavy atom. The summed E-state index contributed by atoms with van der Waals surface area (Å²) in [5.41, 5.74) is 0. The number of nitrogens with zero attached hydrogens (tertiary/aromatic N) is 1. The van der Waals surface area contributed by atoms with Gasteiger partial charge >= 0.3 is 6.18 Å². The van der Waals surface area contributed by atoms with Crippen molar-refractivity contribution in [2.24, 2.45) is 5.92 Å². The van der Waals surface area contributed by atoms with Crippen LogP contribution >= 0.6 is 11.3 Å². The molecule has 0 bridgehead atoms. The van der Waals surface area contributed by atoms with Crippen LogP contribution in [0.5, 0.6) is 0 Å². The lowest BCUT2D eigenvalue weighted by Crippen LogP contribution is -2.32. The molecule has 0 spiro atoms. The first kappa shape index (κ1) is 14.7. The molecule has 1 heterocycles. The van der Waals surface area contributed by atoms with Gasteiger partial charge in [-0.1, -0.05) is 0 Å². The van der Waals surface area contributed by atoms with Gasteiger partial charge in [0.05, 0.1) is 17.1 Å². The highest BCUT2D eigenvalue weighted by atomic mass is 32.1. The maximum absolute atomic E-state index is 12.4. The summed E-state index contributed by atoms with van der Waals surface area (Å²) in [7, 11) is 0. The normalized spacial score (nSPS) is 25.1. The van der Waals surface area contributed by atoms with Gasteiger partial charge in [0, 0.05) is 12.8 Å². The second-order valence-electron chi connectivity index (χ2n) is 4.73. The van der Waals surface area contributed by atoms with E-state index in [0.717, 1.165) is 19.0 Å². The van der Waals surface area contributed by atoms with Gasteiger partial charge in [-0.25, -0.2) is 4.98 Å². The Kier molecular flexibility index (Phi) is 4.47. The number of halogens is 3. The highest BCUT2D eigenvalue weighted by molar-refractivity contribution is 7.11. The zero-order valence-corrected chi connectivity index (χ0v) is 11.3. The summed E-state index contributed by atoms with van der Waals surface area (Å²) in [4.78, 5) is 3.60. The molecule has 1 unspecified atom stereocenters. The van der Waals surface area contributed by atoms with Gasteiger partial charge in [-0.15, -0.1) is 11.3 Å². The average Bonchev–Trinajstić information content (AvgIpc) is 2.74. The monoisotopic (exact) mass is 295 g/mol. The number of ether oxygens (including phenoxy) is 1. The first-order chi connectivity index (χ1) is 8.90. The van der Waals surface area contributed by atoms with Crippen molar-refractivity contribution >= 4 is 11.3 Å². The van der Waals surface area contributed by atoms with Crippen molar-refractivity contribution < 1.29 is 23.0 Å². The minimum Gasteiger partial charge on any atom is -0.388 e. The number of aliphatic hydroxyl groups excluding tert-OH is 1. The van der Waals surface area contributed by atoms with Gasteiger partial charge in [-0.2, -0.15) is 13.2 Å². The molecule has 0 aromatic carbocycles. The number of rotatable bonds is 5. The molecule has 0 saturated heterocycles. The Balaban J connectivity index is 1.84. The van der Waals surface area contributed by atoms with E-state index in [-0.39, 0.29) is 11.0 Å². The fourth-order valence-corrected chi connectivity index (χ4v) is 3.02. The summed E-state index contributed by atoms with van der Waals surface area (Å²) in [5, 5.41) is 9.01. The van der Waals surface area contributed by atoms with E-state index in [1.54, 1.807) is 0 Å². The van der Waals surface area contributed by atoms with Gasteiger partial charge in [-0.05, 0) is 32.1 Å². The molecule has 3 nitrogen and oxygen atoms in total. The van der Waals surface area contributed by atoms with Gasteiger partial charge in [0.15, 0.2) is 5.01 Å². The van der Waals surface area contributed by atoms with E-state index < -0.39 is 17.3 Å². The van der Waals surface area contributed by atoms with Gasteiger partial charge in [0.2, 0.25) is 0 Å². The van der Waals surface area contributed by atoms with Crippen molar-refractivity contribution in [3.05, 3.63) is 16.1 Å². The van der Waals surface area contributed by atoms with E-state index in [4.69, 9.17) is 4.74 Å². The fraction of sp³-hybridized carbons (Fsp3) is 0.750. The Labute approximate surface area is 113 Å². The Hall–Kier alpha value is -0.660. The zero-order chi connectivity index (χ0) is 14.0.